The first-order valence-electron chi connectivity index (χ1n) is 12.5. The first-order valence-corrected chi connectivity index (χ1v) is 12.5. The molecule has 0 fully saturated rings. The Kier molecular flexibility index (Phi) is 5.63. The maximum absolute atomic E-state index is 13.3. The Balaban J connectivity index is 1.46. The lowest BCUT2D eigenvalue weighted by molar-refractivity contribution is -0.120. The molecule has 2 bridgehead atoms. The highest BCUT2D eigenvalue weighted by Gasteiger charge is 2.45. The third kappa shape index (κ3) is 4.00. The van der Waals surface area contributed by atoms with Gasteiger partial charge < -0.3 is 19.5 Å². The van der Waals surface area contributed by atoms with Gasteiger partial charge in [-0.15, -0.1) is 0 Å². The van der Waals surface area contributed by atoms with Gasteiger partial charge in [0.05, 0.1) is 28.7 Å². The lowest BCUT2D eigenvalue weighted by Crippen LogP contribution is -2.41. The number of carbonyl (C=O) groups excluding carboxylic acids is 2. The molecular formula is C28H26F2N6O3. The first-order chi connectivity index (χ1) is 18.5. The van der Waals surface area contributed by atoms with Crippen LogP contribution in [0.5, 0.6) is 5.75 Å². The van der Waals surface area contributed by atoms with Gasteiger partial charge in [0.1, 0.15) is 11.6 Å². The highest BCUT2D eigenvalue weighted by atomic mass is 19.3. The zero-order chi connectivity index (χ0) is 27.6. The van der Waals surface area contributed by atoms with Crippen molar-refractivity contribution in [2.75, 3.05) is 7.05 Å². The minimum absolute atomic E-state index is 0.00784. The highest BCUT2D eigenvalue weighted by Crippen LogP contribution is 2.50. The number of amides is 2. The van der Waals surface area contributed by atoms with Crippen molar-refractivity contribution >= 4 is 22.8 Å². The number of nitrogens with zero attached hydrogens (tertiary/aromatic N) is 5. The Morgan fingerprint density at radius 2 is 1.87 bits per heavy atom. The number of rotatable bonds is 5. The summed E-state index contributed by atoms with van der Waals surface area (Å²) in [6.45, 7) is 2.09. The maximum atomic E-state index is 13.3. The molecule has 0 aliphatic carbocycles. The molecule has 200 valence electrons. The number of hydrogen-bond donors (Lipinski definition) is 1. The van der Waals surface area contributed by atoms with Gasteiger partial charge in [-0.1, -0.05) is 12.1 Å². The molecule has 39 heavy (non-hydrogen) atoms. The minimum atomic E-state index is -3.02. The van der Waals surface area contributed by atoms with Crippen LogP contribution in [0.4, 0.5) is 8.78 Å². The van der Waals surface area contributed by atoms with Gasteiger partial charge in [0.2, 0.25) is 5.91 Å². The number of halogens is 2. The summed E-state index contributed by atoms with van der Waals surface area (Å²) in [7, 11) is 1.71. The summed E-state index contributed by atoms with van der Waals surface area (Å²) in [5.41, 5.74) is 3.19. The van der Waals surface area contributed by atoms with Gasteiger partial charge >= 0.3 is 6.61 Å². The molecule has 0 unspecified atom stereocenters. The summed E-state index contributed by atoms with van der Waals surface area (Å²) in [6.07, 6.45) is 3.90. The second-order valence-electron chi connectivity index (χ2n) is 10.4. The predicted molar refractivity (Wildman–Crippen MR) is 138 cm³/mol. The topological polar surface area (TPSA) is 102 Å². The Labute approximate surface area is 222 Å². The Morgan fingerprint density at radius 1 is 1.13 bits per heavy atom. The van der Waals surface area contributed by atoms with Crippen LogP contribution < -0.4 is 10.1 Å². The number of fused-ring (bicyclic) bond motifs is 9. The van der Waals surface area contributed by atoms with Crippen LogP contribution in [-0.4, -0.2) is 49.9 Å². The molecule has 0 saturated carbocycles. The van der Waals surface area contributed by atoms with Crippen molar-refractivity contribution in [3.63, 3.8) is 0 Å². The van der Waals surface area contributed by atoms with E-state index in [1.165, 1.54) is 13.0 Å². The van der Waals surface area contributed by atoms with Crippen molar-refractivity contribution in [2.45, 2.75) is 51.4 Å². The van der Waals surface area contributed by atoms with Gasteiger partial charge in [0.15, 0.2) is 5.82 Å². The fourth-order valence-electron chi connectivity index (χ4n) is 5.75. The minimum Gasteiger partial charge on any atom is -0.434 e. The highest BCUT2D eigenvalue weighted by molar-refractivity contribution is 5.98. The van der Waals surface area contributed by atoms with Crippen LogP contribution in [0, 0.1) is 0 Å². The SMILES string of the molecule is CC(=O)NC(C)(C)c1ncc(-c2ccc3nc4n(c3c2)[C@@H]2C[C@H]4N(C)C(=O)c3cccc(OC(F)F)c32)cn1. The summed E-state index contributed by atoms with van der Waals surface area (Å²) in [6, 6.07) is 9.73. The van der Waals surface area contributed by atoms with E-state index in [-0.39, 0.29) is 23.6 Å². The fourth-order valence-corrected chi connectivity index (χ4v) is 5.75. The number of benzene rings is 2. The second-order valence-corrected chi connectivity index (χ2v) is 10.4. The quantitative estimate of drug-likeness (QED) is 0.404. The monoisotopic (exact) mass is 532 g/mol. The number of aromatic nitrogens is 4. The average molecular weight is 533 g/mol. The lowest BCUT2D eigenvalue weighted by atomic mass is 9.97. The van der Waals surface area contributed by atoms with Crippen molar-refractivity contribution in [3.05, 3.63) is 71.6 Å². The number of ether oxygens (including phenoxy) is 1. The summed E-state index contributed by atoms with van der Waals surface area (Å²) in [4.78, 5) is 40.3. The molecule has 2 amide bonds. The van der Waals surface area contributed by atoms with E-state index in [9.17, 15) is 18.4 Å². The molecule has 2 aliphatic heterocycles. The van der Waals surface area contributed by atoms with E-state index in [0.717, 1.165) is 22.2 Å². The number of alkyl halides is 2. The number of hydrogen-bond acceptors (Lipinski definition) is 6. The van der Waals surface area contributed by atoms with E-state index in [1.54, 1.807) is 36.5 Å². The van der Waals surface area contributed by atoms with E-state index in [2.05, 4.69) is 15.3 Å². The summed E-state index contributed by atoms with van der Waals surface area (Å²) < 4.78 is 33.6. The molecule has 11 heteroatoms. The third-order valence-corrected chi connectivity index (χ3v) is 7.44. The summed E-state index contributed by atoms with van der Waals surface area (Å²) in [5, 5.41) is 2.84. The first kappa shape index (κ1) is 24.9. The van der Waals surface area contributed by atoms with Crippen LogP contribution >= 0.6 is 0 Å². The molecule has 2 atom stereocenters. The van der Waals surface area contributed by atoms with Crippen LogP contribution in [0.3, 0.4) is 0 Å². The zero-order valence-electron chi connectivity index (χ0n) is 21.8. The number of nitrogens with one attached hydrogen (secondary N) is 1. The van der Waals surface area contributed by atoms with Crippen LogP contribution in [0.15, 0.2) is 48.8 Å². The molecule has 0 radical (unpaired) electrons. The average Bonchev–Trinajstić information content (AvgIpc) is 3.40. The smallest absolute Gasteiger partial charge is 0.387 e. The molecule has 2 aliphatic rings. The molecule has 4 heterocycles. The molecule has 2 aromatic heterocycles. The summed E-state index contributed by atoms with van der Waals surface area (Å²) in [5.74, 6) is 0.741. The van der Waals surface area contributed by atoms with Crippen molar-refractivity contribution in [1.82, 2.24) is 29.7 Å². The van der Waals surface area contributed by atoms with E-state index >= 15 is 0 Å². The molecule has 4 aromatic rings. The van der Waals surface area contributed by atoms with Crippen molar-refractivity contribution in [1.29, 1.82) is 0 Å². The van der Waals surface area contributed by atoms with Gasteiger partial charge in [0.25, 0.3) is 5.91 Å². The van der Waals surface area contributed by atoms with E-state index in [1.807, 2.05) is 36.6 Å². The summed E-state index contributed by atoms with van der Waals surface area (Å²) >= 11 is 0. The molecule has 0 saturated heterocycles. The fraction of sp³-hybridized carbons (Fsp3) is 0.321. The molecule has 2 aromatic carbocycles. The Hall–Kier alpha value is -4.41. The van der Waals surface area contributed by atoms with Gasteiger partial charge in [-0.05, 0) is 43.7 Å². The number of imidazole rings is 1. The van der Waals surface area contributed by atoms with E-state index < -0.39 is 18.2 Å². The van der Waals surface area contributed by atoms with Crippen molar-refractivity contribution in [3.8, 4) is 16.9 Å². The van der Waals surface area contributed by atoms with Gasteiger partial charge in [0, 0.05) is 49.5 Å². The van der Waals surface area contributed by atoms with Gasteiger partial charge in [-0.2, -0.15) is 8.78 Å². The van der Waals surface area contributed by atoms with Crippen LogP contribution in [0.2, 0.25) is 0 Å². The third-order valence-electron chi connectivity index (χ3n) is 7.44. The van der Waals surface area contributed by atoms with Crippen LogP contribution in [-0.2, 0) is 10.3 Å². The van der Waals surface area contributed by atoms with Gasteiger partial charge in [-0.3, -0.25) is 9.59 Å². The largest absolute Gasteiger partial charge is 0.434 e. The molecular weight excluding hydrogens is 506 g/mol. The molecule has 0 spiro atoms. The van der Waals surface area contributed by atoms with Crippen molar-refractivity contribution in [2.24, 2.45) is 0 Å². The second kappa shape index (κ2) is 8.82. The van der Waals surface area contributed by atoms with E-state index in [0.29, 0.717) is 29.2 Å². The Bertz CT molecular complexity index is 1630. The molecule has 9 nitrogen and oxygen atoms in total. The predicted octanol–water partition coefficient (Wildman–Crippen LogP) is 4.59. The normalized spacial score (nSPS) is 18.2. The molecule has 1 N–H and O–H groups in total. The molecule has 6 rings (SSSR count). The van der Waals surface area contributed by atoms with Crippen LogP contribution in [0.1, 0.15) is 66.8 Å². The standard InChI is InChI=1S/C28H26F2N6O3/c1-14(37)34-28(2,3)26-31-12-16(13-32-26)15-8-9-18-19(10-15)36-20-11-21(24(36)33-18)35(4)25(38)17-6-5-7-22(23(17)20)39-27(29)30/h5-10,12-13,20-21,27H,11H2,1-4H3,(H,34,37)/t20-,21-/m1/s1. The van der Waals surface area contributed by atoms with Crippen molar-refractivity contribution < 1.29 is 23.1 Å². The van der Waals surface area contributed by atoms with Crippen LogP contribution in [0.25, 0.3) is 22.2 Å². The number of carbonyl (C=O) groups is 2. The lowest BCUT2D eigenvalue weighted by Gasteiger charge is -2.24. The van der Waals surface area contributed by atoms with Gasteiger partial charge in [-0.25, -0.2) is 15.0 Å². The van der Waals surface area contributed by atoms with E-state index in [4.69, 9.17) is 9.72 Å². The maximum Gasteiger partial charge on any atom is 0.387 e. The zero-order valence-corrected chi connectivity index (χ0v) is 21.8. The Morgan fingerprint density at radius 3 is 2.56 bits per heavy atom.